The third-order valence-corrected chi connectivity index (χ3v) is 4.94. The molecule has 0 bridgehead atoms. The number of hydrogen-bond acceptors (Lipinski definition) is 5. The molecule has 4 rings (SSSR count). The van der Waals surface area contributed by atoms with Crippen molar-refractivity contribution in [3.05, 3.63) is 82.1 Å². The summed E-state index contributed by atoms with van der Waals surface area (Å²) >= 11 is 0. The first kappa shape index (κ1) is 18.4. The molecule has 6 heteroatoms. The van der Waals surface area contributed by atoms with E-state index in [4.69, 9.17) is 4.42 Å². The second-order valence-corrected chi connectivity index (χ2v) is 7.10. The largest absolute Gasteiger partial charge is 0.508 e. The molecule has 1 atom stereocenters. The van der Waals surface area contributed by atoms with Crippen LogP contribution in [-0.2, 0) is 9.59 Å². The minimum absolute atomic E-state index is 0.0000926. The van der Waals surface area contributed by atoms with Crippen LogP contribution < -0.4 is 5.43 Å². The second-order valence-electron chi connectivity index (χ2n) is 7.10. The molecule has 1 heterocycles. The van der Waals surface area contributed by atoms with Gasteiger partial charge in [-0.1, -0.05) is 18.2 Å². The normalized spacial score (nSPS) is 18.9. The van der Waals surface area contributed by atoms with E-state index in [1.165, 1.54) is 36.4 Å². The number of rotatable bonds is 3. The number of aromatic hydroxyl groups is 1. The van der Waals surface area contributed by atoms with Gasteiger partial charge in [-0.2, -0.15) is 0 Å². The van der Waals surface area contributed by atoms with Crippen LogP contribution in [0.2, 0.25) is 0 Å². The minimum Gasteiger partial charge on any atom is -0.508 e. The van der Waals surface area contributed by atoms with Crippen LogP contribution in [-0.4, -0.2) is 22.5 Å². The van der Waals surface area contributed by atoms with E-state index in [0.717, 1.165) is 6.29 Å². The number of fused-ring (bicyclic) bond motifs is 2. The molecule has 1 aliphatic heterocycles. The zero-order valence-corrected chi connectivity index (χ0v) is 15.4. The Morgan fingerprint density at radius 1 is 1.10 bits per heavy atom. The Morgan fingerprint density at radius 3 is 2.59 bits per heavy atom. The Hall–Kier alpha value is -3.93. The van der Waals surface area contributed by atoms with Gasteiger partial charge < -0.3 is 19.4 Å². The van der Waals surface area contributed by atoms with Crippen molar-refractivity contribution in [2.45, 2.75) is 6.92 Å². The first-order valence-electron chi connectivity index (χ1n) is 8.84. The molecule has 2 N–H and O–H groups in total. The number of carbonyl (C=O) groups excluding carboxylic acids is 1. The molecule has 1 aromatic carbocycles. The van der Waals surface area contributed by atoms with Crippen LogP contribution in [0.3, 0.4) is 0 Å². The average molecular weight is 388 g/mol. The van der Waals surface area contributed by atoms with Gasteiger partial charge in [-0.15, -0.1) is 0 Å². The van der Waals surface area contributed by atoms with Gasteiger partial charge >= 0.3 is 5.97 Å². The molecular formula is C23H16O6. The molecule has 0 saturated heterocycles. The molecule has 1 aromatic rings. The van der Waals surface area contributed by atoms with Gasteiger partial charge in [0.2, 0.25) is 0 Å². The van der Waals surface area contributed by atoms with Crippen molar-refractivity contribution < 1.29 is 24.2 Å². The third-order valence-electron chi connectivity index (χ3n) is 4.94. The number of allylic oxidation sites excluding steroid dienone is 4. The van der Waals surface area contributed by atoms with E-state index in [2.05, 4.69) is 0 Å². The van der Waals surface area contributed by atoms with Crippen LogP contribution in [0.25, 0.3) is 27.9 Å². The molecule has 0 aromatic heterocycles. The number of hydrogen-bond donors (Lipinski definition) is 2. The van der Waals surface area contributed by atoms with E-state index >= 15 is 0 Å². The molecule has 0 spiro atoms. The molecule has 2 aliphatic carbocycles. The fourth-order valence-corrected chi connectivity index (χ4v) is 3.39. The number of benzene rings is 2. The Kier molecular flexibility index (Phi) is 4.19. The van der Waals surface area contributed by atoms with Crippen LogP contribution in [0.15, 0.2) is 75.5 Å². The maximum absolute atomic E-state index is 12.0. The molecule has 3 aliphatic rings. The van der Waals surface area contributed by atoms with Gasteiger partial charge in [0.05, 0.1) is 11.0 Å². The third kappa shape index (κ3) is 3.14. The van der Waals surface area contributed by atoms with Crippen molar-refractivity contribution in [1.82, 2.24) is 0 Å². The highest BCUT2D eigenvalue weighted by Gasteiger charge is 2.26. The predicted octanol–water partition coefficient (Wildman–Crippen LogP) is 3.77. The number of aliphatic carboxylic acids is 1. The van der Waals surface area contributed by atoms with E-state index < -0.39 is 11.4 Å². The molecule has 29 heavy (non-hydrogen) atoms. The standard InChI is InChI=1S/C23H16O6/c1-23(12-24)8-6-15(16(7-9-23)22(27)28)21-17-4-2-13(25)10-19(17)29-20-11-14(26)3-5-18(20)21/h2-12,25H,1H3,(H,27,28). The fraction of sp³-hybridized carbons (Fsp3) is 0.0870. The Morgan fingerprint density at radius 2 is 1.86 bits per heavy atom. The summed E-state index contributed by atoms with van der Waals surface area (Å²) < 4.78 is 5.80. The Labute approximate surface area is 165 Å². The highest BCUT2D eigenvalue weighted by atomic mass is 16.4. The molecule has 1 unspecified atom stereocenters. The van der Waals surface area contributed by atoms with Crippen molar-refractivity contribution >= 4 is 28.8 Å². The molecule has 0 fully saturated rings. The number of carbonyl (C=O) groups is 2. The lowest BCUT2D eigenvalue weighted by Gasteiger charge is -2.17. The van der Waals surface area contributed by atoms with E-state index in [-0.39, 0.29) is 22.5 Å². The first-order valence-corrected chi connectivity index (χ1v) is 8.84. The van der Waals surface area contributed by atoms with Crippen LogP contribution in [0.5, 0.6) is 5.75 Å². The van der Waals surface area contributed by atoms with Gasteiger partial charge in [0, 0.05) is 28.6 Å². The quantitative estimate of drug-likeness (QED) is 0.523. The van der Waals surface area contributed by atoms with Crippen LogP contribution >= 0.6 is 0 Å². The maximum Gasteiger partial charge on any atom is 0.336 e. The minimum atomic E-state index is -1.16. The lowest BCUT2D eigenvalue weighted by molar-refractivity contribution is -0.132. The SMILES string of the molecule is CC1(C=O)C=CC(C(=O)O)=C(c2c3ccc(=O)cc-3oc3cc(O)ccc23)C=C1. The lowest BCUT2D eigenvalue weighted by atomic mass is 9.89. The number of carboxylic acid groups (broad SMARTS) is 1. The van der Waals surface area contributed by atoms with Crippen LogP contribution in [0, 0.1) is 5.41 Å². The number of carboxylic acids is 1. The molecule has 6 nitrogen and oxygen atoms in total. The fourth-order valence-electron chi connectivity index (χ4n) is 3.39. The highest BCUT2D eigenvalue weighted by Crippen LogP contribution is 2.41. The molecule has 0 saturated carbocycles. The van der Waals surface area contributed by atoms with E-state index in [1.54, 1.807) is 31.2 Å². The van der Waals surface area contributed by atoms with Gasteiger partial charge in [0.15, 0.2) is 5.43 Å². The lowest BCUT2D eigenvalue weighted by Crippen LogP contribution is -2.10. The smallest absolute Gasteiger partial charge is 0.336 e. The second kappa shape index (κ2) is 6.60. The average Bonchev–Trinajstić information content (AvgIpc) is 2.85. The summed E-state index contributed by atoms with van der Waals surface area (Å²) in [5, 5.41) is 20.2. The van der Waals surface area contributed by atoms with Gasteiger partial charge in [-0.25, -0.2) is 4.79 Å². The van der Waals surface area contributed by atoms with E-state index in [9.17, 15) is 24.6 Å². The topological polar surface area (TPSA) is 105 Å². The molecular weight excluding hydrogens is 372 g/mol. The van der Waals surface area contributed by atoms with Crippen LogP contribution in [0.4, 0.5) is 0 Å². The summed E-state index contributed by atoms with van der Waals surface area (Å²) in [5.41, 5.74) is 0.542. The van der Waals surface area contributed by atoms with Crippen molar-refractivity contribution in [2.75, 3.05) is 0 Å². The van der Waals surface area contributed by atoms with Crippen molar-refractivity contribution in [2.24, 2.45) is 5.41 Å². The van der Waals surface area contributed by atoms with Crippen LogP contribution in [0.1, 0.15) is 12.5 Å². The number of phenols is 1. The summed E-state index contributed by atoms with van der Waals surface area (Å²) in [6.45, 7) is 1.67. The summed E-state index contributed by atoms with van der Waals surface area (Å²) in [7, 11) is 0. The van der Waals surface area contributed by atoms with E-state index in [0.29, 0.717) is 27.7 Å². The molecule has 0 radical (unpaired) electrons. The Balaban J connectivity index is 2.17. The van der Waals surface area contributed by atoms with Gasteiger partial charge in [0.25, 0.3) is 0 Å². The van der Waals surface area contributed by atoms with Crippen molar-refractivity contribution in [3.63, 3.8) is 0 Å². The molecule has 144 valence electrons. The number of aldehydes is 1. The zero-order chi connectivity index (χ0) is 20.8. The maximum atomic E-state index is 12.0. The summed E-state index contributed by atoms with van der Waals surface area (Å²) in [6, 6.07) is 8.78. The first-order chi connectivity index (χ1) is 13.8. The van der Waals surface area contributed by atoms with Gasteiger partial charge in [0.1, 0.15) is 23.4 Å². The van der Waals surface area contributed by atoms with Crippen molar-refractivity contribution in [3.8, 4) is 17.1 Å². The predicted molar refractivity (Wildman–Crippen MR) is 108 cm³/mol. The summed E-state index contributed by atoms with van der Waals surface area (Å²) in [6.07, 6.45) is 6.92. The Bertz CT molecular complexity index is 1290. The zero-order valence-electron chi connectivity index (χ0n) is 15.4. The van der Waals surface area contributed by atoms with Gasteiger partial charge in [-0.05, 0) is 42.8 Å². The summed E-state index contributed by atoms with van der Waals surface area (Å²) in [4.78, 5) is 35.4. The number of phenolic OH excluding ortho intramolecular Hbond substituents is 1. The van der Waals surface area contributed by atoms with E-state index in [1.807, 2.05) is 0 Å². The van der Waals surface area contributed by atoms with Gasteiger partial charge in [-0.3, -0.25) is 4.79 Å². The van der Waals surface area contributed by atoms with Crippen molar-refractivity contribution in [1.29, 1.82) is 0 Å². The summed E-state index contributed by atoms with van der Waals surface area (Å²) in [5.74, 6) is -0.915. The molecule has 0 amide bonds. The highest BCUT2D eigenvalue weighted by molar-refractivity contribution is 6.09. The monoisotopic (exact) mass is 388 g/mol.